The number of Topliss-reactive ketones (excluding diaryl/α,β-unsaturated/α-hetero) is 1. The van der Waals surface area contributed by atoms with E-state index >= 15 is 0 Å². The van der Waals surface area contributed by atoms with Gasteiger partial charge in [0.05, 0.1) is 10.9 Å². The van der Waals surface area contributed by atoms with E-state index in [1.54, 1.807) is 42.1 Å². The van der Waals surface area contributed by atoms with Gasteiger partial charge in [-0.1, -0.05) is 41.6 Å². The zero-order valence-electron chi connectivity index (χ0n) is 15.6. The number of carbonyl (C=O) groups is 2. The molecular formula is C20H19ClN4O2S. The number of halogens is 1. The molecule has 1 N–H and O–H groups in total. The van der Waals surface area contributed by atoms with Crippen LogP contribution in [0.5, 0.6) is 0 Å². The van der Waals surface area contributed by atoms with Gasteiger partial charge in [-0.25, -0.2) is 0 Å². The van der Waals surface area contributed by atoms with Crippen LogP contribution in [0, 0.1) is 6.92 Å². The standard InChI is InChI=1S/C20H19ClN4O2S/c1-12-7-8-17(10-18(12)21)25-11-22-24-20(25)28-14(3)19(27)23-16-6-4-5-15(9-16)13(2)26/h4-11,14H,1-3H3,(H,23,27). The van der Waals surface area contributed by atoms with Gasteiger partial charge in [0.1, 0.15) is 6.33 Å². The van der Waals surface area contributed by atoms with Gasteiger partial charge >= 0.3 is 0 Å². The van der Waals surface area contributed by atoms with Crippen LogP contribution in [0.3, 0.4) is 0 Å². The minimum absolute atomic E-state index is 0.0524. The molecule has 0 saturated carbocycles. The second-order valence-corrected chi connectivity index (χ2v) is 8.02. The van der Waals surface area contributed by atoms with Crippen LogP contribution in [-0.4, -0.2) is 31.7 Å². The van der Waals surface area contributed by atoms with Crippen LogP contribution in [0.1, 0.15) is 29.8 Å². The molecule has 0 radical (unpaired) electrons. The summed E-state index contributed by atoms with van der Waals surface area (Å²) in [6, 6.07) is 12.5. The van der Waals surface area contributed by atoms with Gasteiger partial charge in [0, 0.05) is 16.3 Å². The van der Waals surface area contributed by atoms with Crippen molar-refractivity contribution in [2.24, 2.45) is 0 Å². The summed E-state index contributed by atoms with van der Waals surface area (Å²) < 4.78 is 1.79. The number of nitrogens with one attached hydrogen (secondary N) is 1. The minimum Gasteiger partial charge on any atom is -0.325 e. The van der Waals surface area contributed by atoms with Crippen molar-refractivity contribution < 1.29 is 9.59 Å². The molecule has 1 unspecified atom stereocenters. The quantitative estimate of drug-likeness (QED) is 0.473. The molecule has 0 saturated heterocycles. The second kappa shape index (κ2) is 8.58. The van der Waals surface area contributed by atoms with Gasteiger partial charge in [-0.2, -0.15) is 0 Å². The lowest BCUT2D eigenvalue weighted by atomic mass is 10.1. The third kappa shape index (κ3) is 4.61. The molecule has 8 heteroatoms. The van der Waals surface area contributed by atoms with Gasteiger partial charge < -0.3 is 5.32 Å². The molecule has 0 aliphatic carbocycles. The zero-order chi connectivity index (χ0) is 20.3. The molecule has 0 fully saturated rings. The van der Waals surface area contributed by atoms with Gasteiger partial charge in [-0.3, -0.25) is 14.2 Å². The number of carbonyl (C=O) groups excluding carboxylic acids is 2. The number of nitrogens with zero attached hydrogens (tertiary/aromatic N) is 3. The molecule has 1 heterocycles. The van der Waals surface area contributed by atoms with Gasteiger partial charge in [0.25, 0.3) is 0 Å². The van der Waals surface area contributed by atoms with E-state index in [-0.39, 0.29) is 11.7 Å². The summed E-state index contributed by atoms with van der Waals surface area (Å²) in [5.74, 6) is -0.245. The summed E-state index contributed by atoms with van der Waals surface area (Å²) in [7, 11) is 0. The van der Waals surface area contributed by atoms with Gasteiger partial charge in [-0.15, -0.1) is 10.2 Å². The van der Waals surface area contributed by atoms with Crippen LogP contribution < -0.4 is 5.32 Å². The van der Waals surface area contributed by atoms with Crippen molar-refractivity contribution in [2.75, 3.05) is 5.32 Å². The molecule has 6 nitrogen and oxygen atoms in total. The van der Waals surface area contributed by atoms with Crippen LogP contribution in [0.25, 0.3) is 5.69 Å². The molecule has 3 rings (SSSR count). The molecule has 1 atom stereocenters. The Morgan fingerprint density at radius 1 is 1.21 bits per heavy atom. The van der Waals surface area contributed by atoms with Crippen LogP contribution in [0.2, 0.25) is 5.02 Å². The Bertz CT molecular complexity index is 1030. The third-order valence-electron chi connectivity index (χ3n) is 4.14. The first-order chi connectivity index (χ1) is 13.3. The van der Waals surface area contributed by atoms with Gasteiger partial charge in [0.2, 0.25) is 5.91 Å². The molecule has 144 valence electrons. The van der Waals surface area contributed by atoms with E-state index in [2.05, 4.69) is 15.5 Å². The van der Waals surface area contributed by atoms with Crippen LogP contribution >= 0.6 is 23.4 Å². The summed E-state index contributed by atoms with van der Waals surface area (Å²) in [5.41, 5.74) is 2.93. The SMILES string of the molecule is CC(=O)c1cccc(NC(=O)C(C)Sc2nncn2-c2ccc(C)c(Cl)c2)c1. The lowest BCUT2D eigenvalue weighted by molar-refractivity contribution is -0.115. The Balaban J connectivity index is 1.73. The van der Waals surface area contributed by atoms with Crippen molar-refractivity contribution in [1.29, 1.82) is 0 Å². The lowest BCUT2D eigenvalue weighted by Crippen LogP contribution is -2.23. The third-order valence-corrected chi connectivity index (χ3v) is 5.60. The molecule has 1 amide bonds. The summed E-state index contributed by atoms with van der Waals surface area (Å²) in [6.45, 7) is 5.21. The monoisotopic (exact) mass is 414 g/mol. The first kappa shape index (κ1) is 20.1. The highest BCUT2D eigenvalue weighted by molar-refractivity contribution is 8.00. The number of rotatable bonds is 6. The number of hydrogen-bond donors (Lipinski definition) is 1. The van der Waals surface area contributed by atoms with E-state index in [0.29, 0.717) is 21.4 Å². The average molecular weight is 415 g/mol. The Morgan fingerprint density at radius 2 is 2.00 bits per heavy atom. The Hall–Kier alpha value is -2.64. The van der Waals surface area contributed by atoms with Crippen molar-refractivity contribution >= 4 is 40.7 Å². The molecule has 3 aromatic rings. The summed E-state index contributed by atoms with van der Waals surface area (Å²) in [5, 5.41) is 11.7. The molecule has 0 spiro atoms. The molecule has 1 aromatic heterocycles. The predicted molar refractivity (Wildman–Crippen MR) is 112 cm³/mol. The number of thioether (sulfide) groups is 1. The fourth-order valence-corrected chi connectivity index (χ4v) is 3.50. The van der Waals surface area contributed by atoms with Crippen LogP contribution in [0.4, 0.5) is 5.69 Å². The number of hydrogen-bond acceptors (Lipinski definition) is 5. The average Bonchev–Trinajstić information content (AvgIpc) is 3.12. The van der Waals surface area contributed by atoms with E-state index in [1.807, 2.05) is 25.1 Å². The maximum Gasteiger partial charge on any atom is 0.237 e. The minimum atomic E-state index is -0.426. The molecular weight excluding hydrogens is 396 g/mol. The van der Waals surface area contributed by atoms with Crippen LogP contribution in [0.15, 0.2) is 53.9 Å². The Morgan fingerprint density at radius 3 is 2.71 bits per heavy atom. The maximum absolute atomic E-state index is 12.6. The first-order valence-corrected chi connectivity index (χ1v) is 9.86. The normalized spacial score (nSPS) is 11.9. The Labute approximate surface area is 172 Å². The number of anilines is 1. The van der Waals surface area contributed by atoms with Gasteiger partial charge in [-0.05, 0) is 50.6 Å². The summed E-state index contributed by atoms with van der Waals surface area (Å²) in [4.78, 5) is 24.1. The largest absolute Gasteiger partial charge is 0.325 e. The second-order valence-electron chi connectivity index (χ2n) is 6.30. The molecule has 0 aliphatic heterocycles. The fourth-order valence-electron chi connectivity index (χ4n) is 2.48. The lowest BCUT2D eigenvalue weighted by Gasteiger charge is -2.13. The van der Waals surface area contributed by atoms with Crippen molar-refractivity contribution in [3.8, 4) is 5.69 Å². The van der Waals surface area contributed by atoms with Gasteiger partial charge in [0.15, 0.2) is 10.9 Å². The van der Waals surface area contributed by atoms with Crippen molar-refractivity contribution in [3.63, 3.8) is 0 Å². The number of amides is 1. The van der Waals surface area contributed by atoms with E-state index in [0.717, 1.165) is 11.3 Å². The molecule has 0 aliphatic rings. The van der Waals surface area contributed by atoms with E-state index in [1.165, 1.54) is 18.7 Å². The predicted octanol–water partition coefficient (Wildman–Crippen LogP) is 4.55. The smallest absolute Gasteiger partial charge is 0.237 e. The highest BCUT2D eigenvalue weighted by Crippen LogP contribution is 2.27. The molecule has 2 aromatic carbocycles. The highest BCUT2D eigenvalue weighted by Gasteiger charge is 2.19. The van der Waals surface area contributed by atoms with Crippen molar-refractivity contribution in [1.82, 2.24) is 14.8 Å². The van der Waals surface area contributed by atoms with E-state index < -0.39 is 5.25 Å². The Kier molecular flexibility index (Phi) is 6.16. The summed E-state index contributed by atoms with van der Waals surface area (Å²) in [6.07, 6.45) is 1.59. The zero-order valence-corrected chi connectivity index (χ0v) is 17.2. The summed E-state index contributed by atoms with van der Waals surface area (Å²) >= 11 is 7.50. The molecule has 28 heavy (non-hydrogen) atoms. The molecule has 0 bridgehead atoms. The van der Waals surface area contributed by atoms with E-state index in [4.69, 9.17) is 11.6 Å². The fraction of sp³-hybridized carbons (Fsp3) is 0.200. The first-order valence-electron chi connectivity index (χ1n) is 8.60. The topological polar surface area (TPSA) is 76.9 Å². The highest BCUT2D eigenvalue weighted by atomic mass is 35.5. The number of ketones is 1. The van der Waals surface area contributed by atoms with Crippen molar-refractivity contribution in [3.05, 3.63) is 64.9 Å². The van der Waals surface area contributed by atoms with E-state index in [9.17, 15) is 9.59 Å². The number of aryl methyl sites for hydroxylation is 1. The maximum atomic E-state index is 12.6. The number of aromatic nitrogens is 3. The van der Waals surface area contributed by atoms with Crippen molar-refractivity contribution in [2.45, 2.75) is 31.2 Å². The van der Waals surface area contributed by atoms with Crippen LogP contribution in [-0.2, 0) is 4.79 Å². The number of benzene rings is 2.